The molecule has 1 heterocycles. The first-order valence-electron chi connectivity index (χ1n) is 10.1. The lowest BCUT2D eigenvalue weighted by Crippen LogP contribution is -2.40. The summed E-state index contributed by atoms with van der Waals surface area (Å²) in [5.41, 5.74) is -4.45. The lowest BCUT2D eigenvalue weighted by Gasteiger charge is -2.38. The van der Waals surface area contributed by atoms with Gasteiger partial charge < -0.3 is 10.1 Å². The summed E-state index contributed by atoms with van der Waals surface area (Å²) in [5, 5.41) is 2.96. The number of hydrogen-bond acceptors (Lipinski definition) is 3. The zero-order valence-corrected chi connectivity index (χ0v) is 18.2. The van der Waals surface area contributed by atoms with Crippen molar-refractivity contribution in [1.29, 1.82) is 0 Å². The van der Waals surface area contributed by atoms with E-state index in [1.165, 1.54) is 0 Å². The zero-order chi connectivity index (χ0) is 26.3. The van der Waals surface area contributed by atoms with Crippen LogP contribution in [-0.2, 0) is 29.8 Å². The number of fused-ring (bicyclic) bond motifs is 1. The second-order valence-electron chi connectivity index (χ2n) is 8.11. The first-order valence-corrected chi connectivity index (χ1v) is 10.1. The number of anilines is 1. The molecule has 1 aliphatic heterocycles. The number of carbonyl (C=O) groups excluding carboxylic acids is 1. The van der Waals surface area contributed by atoms with Gasteiger partial charge in [-0.15, -0.1) is 0 Å². The van der Waals surface area contributed by atoms with E-state index in [1.54, 1.807) is 6.92 Å². The van der Waals surface area contributed by atoms with Gasteiger partial charge in [0.2, 0.25) is 0 Å². The first kappa shape index (κ1) is 26.5. The van der Waals surface area contributed by atoms with E-state index in [0.717, 1.165) is 30.2 Å². The van der Waals surface area contributed by atoms with Gasteiger partial charge in [-0.25, -0.2) is 4.79 Å². The molecule has 2 unspecified atom stereocenters. The predicted octanol–water partition coefficient (Wildman–Crippen LogP) is 7.26. The number of hydrogen-bond donors (Lipinski definition) is 1. The normalized spacial score (nSPS) is 18.5. The monoisotopic (exact) mass is 514 g/mol. The fraction of sp³-hybridized carbons (Fsp3) is 0.409. The number of alkyl halides is 9. The third-order valence-corrected chi connectivity index (χ3v) is 5.50. The highest BCUT2D eigenvalue weighted by Crippen LogP contribution is 2.42. The molecule has 0 aliphatic carbocycles. The fourth-order valence-corrected chi connectivity index (χ4v) is 3.95. The van der Waals surface area contributed by atoms with Crippen LogP contribution in [-0.4, -0.2) is 24.1 Å². The summed E-state index contributed by atoms with van der Waals surface area (Å²) in [6, 6.07) is 2.13. The van der Waals surface area contributed by atoms with Crippen LogP contribution < -0.4 is 5.32 Å². The Hall–Kier alpha value is -3.12. The van der Waals surface area contributed by atoms with Crippen LogP contribution in [0.4, 0.5) is 50.0 Å². The molecule has 0 radical (unpaired) electrons. The van der Waals surface area contributed by atoms with Gasteiger partial charge in [0, 0.05) is 18.3 Å². The van der Waals surface area contributed by atoms with Gasteiger partial charge in [0.1, 0.15) is 0 Å². The summed E-state index contributed by atoms with van der Waals surface area (Å²) in [5.74, 6) is 0. The summed E-state index contributed by atoms with van der Waals surface area (Å²) < 4.78 is 124. The van der Waals surface area contributed by atoms with Gasteiger partial charge in [0.15, 0.2) is 0 Å². The molecule has 1 aliphatic rings. The minimum atomic E-state index is -5.11. The molecular formula is C22H19F9N2O2. The third kappa shape index (κ3) is 5.93. The molecule has 2 aromatic carbocycles. The molecule has 1 N–H and O–H groups in total. The van der Waals surface area contributed by atoms with Crippen molar-refractivity contribution in [3.8, 4) is 0 Å². The standard InChI is InChI=1S/C22H19F9N2O2/c1-11-5-18(16-9-13(20(23,24)25)3-4-17(16)32-11)33(19(34)35-2)10-12-6-14(21(26,27)28)8-15(7-12)22(29,30)31/h3-4,6-9,11,18,32H,5,10H2,1-2H3. The van der Waals surface area contributed by atoms with E-state index in [0.29, 0.717) is 12.1 Å². The minimum Gasteiger partial charge on any atom is -0.453 e. The quantitative estimate of drug-likeness (QED) is 0.439. The average molecular weight is 514 g/mol. The second kappa shape index (κ2) is 9.15. The molecule has 192 valence electrons. The predicted molar refractivity (Wildman–Crippen MR) is 106 cm³/mol. The molecule has 3 rings (SSSR count). The maximum atomic E-state index is 13.3. The SMILES string of the molecule is COC(=O)N(Cc1cc(C(F)(F)F)cc(C(F)(F)F)c1)C1CC(C)Nc2ccc(C(F)(F)F)cc21. The van der Waals surface area contributed by atoms with E-state index in [9.17, 15) is 44.3 Å². The molecule has 0 fully saturated rings. The van der Waals surface area contributed by atoms with Crippen molar-refractivity contribution in [3.05, 3.63) is 64.2 Å². The number of nitrogens with zero attached hydrogens (tertiary/aromatic N) is 1. The van der Waals surface area contributed by atoms with Gasteiger partial charge in [0.05, 0.1) is 29.8 Å². The highest BCUT2D eigenvalue weighted by molar-refractivity contribution is 5.70. The third-order valence-electron chi connectivity index (χ3n) is 5.50. The number of nitrogens with one attached hydrogen (secondary N) is 1. The molecule has 0 saturated heterocycles. The fourth-order valence-electron chi connectivity index (χ4n) is 3.95. The number of rotatable bonds is 3. The largest absolute Gasteiger partial charge is 0.453 e. The van der Waals surface area contributed by atoms with Crippen LogP contribution in [0.25, 0.3) is 0 Å². The van der Waals surface area contributed by atoms with Crippen LogP contribution >= 0.6 is 0 Å². The Balaban J connectivity index is 2.12. The Labute approximate surface area is 193 Å². The number of benzene rings is 2. The molecular weight excluding hydrogens is 495 g/mol. The Morgan fingerprint density at radius 2 is 1.46 bits per heavy atom. The van der Waals surface area contributed by atoms with Crippen LogP contribution in [0.5, 0.6) is 0 Å². The molecule has 0 aromatic heterocycles. The Morgan fingerprint density at radius 3 is 1.94 bits per heavy atom. The van der Waals surface area contributed by atoms with Crippen LogP contribution in [0.3, 0.4) is 0 Å². The van der Waals surface area contributed by atoms with Crippen molar-refractivity contribution in [1.82, 2.24) is 4.90 Å². The van der Waals surface area contributed by atoms with E-state index in [4.69, 9.17) is 0 Å². The lowest BCUT2D eigenvalue weighted by molar-refractivity contribution is -0.143. The number of methoxy groups -OCH3 is 1. The first-order chi connectivity index (χ1) is 16.0. The molecule has 2 atom stereocenters. The highest BCUT2D eigenvalue weighted by atomic mass is 19.4. The van der Waals surface area contributed by atoms with Gasteiger partial charge in [-0.05, 0) is 60.9 Å². The van der Waals surface area contributed by atoms with Crippen LogP contribution in [0.15, 0.2) is 36.4 Å². The highest BCUT2D eigenvalue weighted by Gasteiger charge is 2.39. The average Bonchev–Trinajstić information content (AvgIpc) is 2.74. The van der Waals surface area contributed by atoms with Crippen molar-refractivity contribution in [2.45, 2.75) is 50.5 Å². The molecule has 1 amide bonds. The zero-order valence-electron chi connectivity index (χ0n) is 18.2. The minimum absolute atomic E-state index is 0.00588. The molecule has 13 heteroatoms. The van der Waals surface area contributed by atoms with Crippen LogP contribution in [0.1, 0.15) is 47.2 Å². The smallest absolute Gasteiger partial charge is 0.416 e. The maximum absolute atomic E-state index is 13.3. The van der Waals surface area contributed by atoms with E-state index in [2.05, 4.69) is 10.1 Å². The summed E-state index contributed by atoms with van der Waals surface area (Å²) >= 11 is 0. The molecule has 0 saturated carbocycles. The topological polar surface area (TPSA) is 41.6 Å². The molecule has 0 bridgehead atoms. The Kier molecular flexibility index (Phi) is 6.93. The van der Waals surface area contributed by atoms with Crippen LogP contribution in [0, 0.1) is 0 Å². The van der Waals surface area contributed by atoms with E-state index in [1.807, 2.05) is 0 Å². The van der Waals surface area contributed by atoms with Crippen molar-refractivity contribution < 1.29 is 49.0 Å². The van der Waals surface area contributed by atoms with Crippen molar-refractivity contribution in [3.63, 3.8) is 0 Å². The summed E-state index contributed by atoms with van der Waals surface area (Å²) in [6.45, 7) is 0.891. The summed E-state index contributed by atoms with van der Waals surface area (Å²) in [4.78, 5) is 13.4. The Bertz CT molecular complexity index is 1060. The van der Waals surface area contributed by atoms with E-state index in [-0.39, 0.29) is 29.8 Å². The van der Waals surface area contributed by atoms with Gasteiger partial charge in [-0.3, -0.25) is 4.90 Å². The van der Waals surface area contributed by atoms with Crippen molar-refractivity contribution >= 4 is 11.8 Å². The lowest BCUT2D eigenvalue weighted by atomic mass is 9.90. The molecule has 35 heavy (non-hydrogen) atoms. The van der Waals surface area contributed by atoms with Crippen LogP contribution in [0.2, 0.25) is 0 Å². The summed E-state index contributed by atoms with van der Waals surface area (Å²) in [6.07, 6.45) is -16.0. The molecule has 0 spiro atoms. The van der Waals surface area contributed by atoms with E-state index >= 15 is 0 Å². The van der Waals surface area contributed by atoms with E-state index < -0.39 is 59.5 Å². The van der Waals surface area contributed by atoms with Gasteiger partial charge in [-0.1, -0.05) is 0 Å². The number of ether oxygens (including phenoxy) is 1. The van der Waals surface area contributed by atoms with Gasteiger partial charge in [-0.2, -0.15) is 39.5 Å². The maximum Gasteiger partial charge on any atom is 0.416 e. The number of halogens is 9. The Morgan fingerprint density at radius 1 is 0.914 bits per heavy atom. The second-order valence-corrected chi connectivity index (χ2v) is 8.11. The summed E-state index contributed by atoms with van der Waals surface area (Å²) in [7, 11) is 0.945. The number of carbonyl (C=O) groups is 1. The van der Waals surface area contributed by atoms with Crippen molar-refractivity contribution in [2.24, 2.45) is 0 Å². The molecule has 4 nitrogen and oxygen atoms in total. The number of amides is 1. The molecule has 2 aromatic rings. The van der Waals surface area contributed by atoms with Crippen molar-refractivity contribution in [2.75, 3.05) is 12.4 Å². The van der Waals surface area contributed by atoms with Gasteiger partial charge >= 0.3 is 24.6 Å². The van der Waals surface area contributed by atoms with Gasteiger partial charge in [0.25, 0.3) is 0 Å².